The van der Waals surface area contributed by atoms with E-state index in [0.717, 1.165) is 5.69 Å². The Bertz CT molecular complexity index is 419. The van der Waals surface area contributed by atoms with Gasteiger partial charge in [0, 0.05) is 11.7 Å². The lowest BCUT2D eigenvalue weighted by Gasteiger charge is -2.35. The topological polar surface area (TPSA) is 29.3 Å². The molecule has 2 nitrogen and oxygen atoms in total. The van der Waals surface area contributed by atoms with Gasteiger partial charge in [-0.05, 0) is 48.7 Å². The fourth-order valence-corrected chi connectivity index (χ4v) is 3.13. The minimum absolute atomic E-state index is 0.483. The molecule has 0 heterocycles. The van der Waals surface area contributed by atoms with E-state index in [1.807, 2.05) is 0 Å². The summed E-state index contributed by atoms with van der Waals surface area (Å²) >= 11 is 5.27. The summed E-state index contributed by atoms with van der Waals surface area (Å²) < 4.78 is 0. The third-order valence-electron chi connectivity index (χ3n) is 4.02. The number of benzene rings is 1. The molecule has 1 saturated carbocycles. The predicted octanol–water partition coefficient (Wildman–Crippen LogP) is 4.19. The maximum Gasteiger partial charge on any atom is 0.171 e. The molecule has 0 radical (unpaired) electrons. The smallest absolute Gasteiger partial charge is 0.171 e. The zero-order valence-electron chi connectivity index (χ0n) is 11.9. The highest BCUT2D eigenvalue weighted by Gasteiger charge is 2.23. The van der Waals surface area contributed by atoms with Crippen LogP contribution in [0.3, 0.4) is 0 Å². The molecular weight excluding hydrogens is 252 g/mol. The summed E-state index contributed by atoms with van der Waals surface area (Å²) in [6, 6.07) is 9.17. The minimum atomic E-state index is 0.483. The van der Waals surface area contributed by atoms with E-state index in [1.165, 1.54) is 37.7 Å². The first-order valence-electron chi connectivity index (χ1n) is 7.28. The second-order valence-electron chi connectivity index (χ2n) is 5.75. The number of nitrogens with zero attached hydrogens (tertiary/aromatic N) is 1. The Balaban J connectivity index is 2.20. The van der Waals surface area contributed by atoms with Crippen LogP contribution in [0.25, 0.3) is 0 Å². The minimum Gasteiger partial charge on any atom is -0.376 e. The summed E-state index contributed by atoms with van der Waals surface area (Å²) in [7, 11) is 0. The first-order valence-corrected chi connectivity index (χ1v) is 7.69. The van der Waals surface area contributed by atoms with Gasteiger partial charge in [-0.2, -0.15) is 0 Å². The fraction of sp³-hybridized carbons (Fsp3) is 0.562. The summed E-state index contributed by atoms with van der Waals surface area (Å²) in [5.41, 5.74) is 8.45. The molecule has 0 aliphatic heterocycles. The molecule has 19 heavy (non-hydrogen) atoms. The second kappa shape index (κ2) is 6.38. The van der Waals surface area contributed by atoms with Crippen LogP contribution in [-0.4, -0.2) is 11.2 Å². The molecule has 0 amide bonds. The first-order chi connectivity index (χ1) is 9.09. The van der Waals surface area contributed by atoms with Crippen LogP contribution in [0.5, 0.6) is 0 Å². The molecule has 3 heteroatoms. The zero-order valence-corrected chi connectivity index (χ0v) is 12.7. The van der Waals surface area contributed by atoms with E-state index < -0.39 is 0 Å². The third-order valence-corrected chi connectivity index (χ3v) is 4.21. The van der Waals surface area contributed by atoms with Crippen molar-refractivity contribution in [3.63, 3.8) is 0 Å². The Hall–Kier alpha value is -1.09. The van der Waals surface area contributed by atoms with Crippen molar-refractivity contribution in [3.05, 3.63) is 29.8 Å². The largest absolute Gasteiger partial charge is 0.376 e. The molecule has 1 aromatic carbocycles. The molecule has 2 rings (SSSR count). The van der Waals surface area contributed by atoms with E-state index in [9.17, 15) is 0 Å². The summed E-state index contributed by atoms with van der Waals surface area (Å²) in [5.74, 6) is 0.557. The molecule has 0 spiro atoms. The van der Waals surface area contributed by atoms with E-state index in [2.05, 4.69) is 43.0 Å². The second-order valence-corrected chi connectivity index (χ2v) is 6.16. The standard InChI is InChI=1S/C16H24N2S/c1-12(2)13-8-10-15(11-9-13)18(16(17)19)14-6-4-3-5-7-14/h8-12,14H,3-7H2,1-2H3,(H2,17,19). The highest BCUT2D eigenvalue weighted by Crippen LogP contribution is 2.28. The van der Waals surface area contributed by atoms with Crippen LogP contribution in [0.2, 0.25) is 0 Å². The number of hydrogen-bond acceptors (Lipinski definition) is 1. The van der Waals surface area contributed by atoms with E-state index in [0.29, 0.717) is 17.1 Å². The summed E-state index contributed by atoms with van der Waals surface area (Å²) in [4.78, 5) is 2.15. The average Bonchev–Trinajstić information content (AvgIpc) is 2.40. The molecule has 0 saturated heterocycles. The van der Waals surface area contributed by atoms with Crippen LogP contribution in [0, 0.1) is 0 Å². The molecule has 0 atom stereocenters. The van der Waals surface area contributed by atoms with E-state index in [1.54, 1.807) is 0 Å². The normalized spacial score (nSPS) is 16.6. The fourth-order valence-electron chi connectivity index (χ4n) is 2.88. The molecule has 0 unspecified atom stereocenters. The lowest BCUT2D eigenvalue weighted by molar-refractivity contribution is 0.440. The van der Waals surface area contributed by atoms with Crippen LogP contribution in [-0.2, 0) is 0 Å². The van der Waals surface area contributed by atoms with E-state index in [-0.39, 0.29) is 0 Å². The highest BCUT2D eigenvalue weighted by atomic mass is 32.1. The van der Waals surface area contributed by atoms with Crippen LogP contribution in [0.4, 0.5) is 5.69 Å². The molecule has 104 valence electrons. The van der Waals surface area contributed by atoms with Crippen molar-refractivity contribution in [1.82, 2.24) is 0 Å². The highest BCUT2D eigenvalue weighted by molar-refractivity contribution is 7.80. The number of nitrogens with two attached hydrogens (primary N) is 1. The maximum atomic E-state index is 5.95. The molecule has 1 aromatic rings. The van der Waals surface area contributed by atoms with Crippen LogP contribution in [0.1, 0.15) is 57.4 Å². The first kappa shape index (κ1) is 14.3. The molecule has 2 N–H and O–H groups in total. The molecule has 0 aromatic heterocycles. The zero-order chi connectivity index (χ0) is 13.8. The molecule has 1 aliphatic carbocycles. The molecule has 1 aliphatic rings. The van der Waals surface area contributed by atoms with Gasteiger partial charge in [-0.25, -0.2) is 0 Å². The lowest BCUT2D eigenvalue weighted by Crippen LogP contribution is -2.44. The van der Waals surface area contributed by atoms with Crippen molar-refractivity contribution < 1.29 is 0 Å². The Kier molecular flexibility index (Phi) is 4.81. The molecule has 0 bridgehead atoms. The lowest BCUT2D eigenvalue weighted by atomic mass is 9.93. The quantitative estimate of drug-likeness (QED) is 0.839. The average molecular weight is 276 g/mol. The molecule has 1 fully saturated rings. The number of hydrogen-bond donors (Lipinski definition) is 1. The SMILES string of the molecule is CC(C)c1ccc(N(C(N)=S)C2CCCCC2)cc1. The Morgan fingerprint density at radius 2 is 1.74 bits per heavy atom. The Morgan fingerprint density at radius 3 is 2.21 bits per heavy atom. The van der Waals surface area contributed by atoms with Gasteiger partial charge in [-0.3, -0.25) is 0 Å². The van der Waals surface area contributed by atoms with E-state index >= 15 is 0 Å². The van der Waals surface area contributed by atoms with Crippen LogP contribution >= 0.6 is 12.2 Å². The van der Waals surface area contributed by atoms with Gasteiger partial charge >= 0.3 is 0 Å². The number of rotatable bonds is 3. The van der Waals surface area contributed by atoms with Crippen LogP contribution in [0.15, 0.2) is 24.3 Å². The van der Waals surface area contributed by atoms with Gasteiger partial charge in [-0.1, -0.05) is 45.2 Å². The van der Waals surface area contributed by atoms with Gasteiger partial charge in [0.15, 0.2) is 5.11 Å². The van der Waals surface area contributed by atoms with Gasteiger partial charge in [0.2, 0.25) is 0 Å². The van der Waals surface area contributed by atoms with Gasteiger partial charge in [0.25, 0.3) is 0 Å². The van der Waals surface area contributed by atoms with Crippen molar-refractivity contribution in [2.45, 2.75) is 57.9 Å². The predicted molar refractivity (Wildman–Crippen MR) is 86.7 cm³/mol. The molecular formula is C16H24N2S. The van der Waals surface area contributed by atoms with Gasteiger partial charge in [0.05, 0.1) is 0 Å². The van der Waals surface area contributed by atoms with Crippen molar-refractivity contribution in [2.75, 3.05) is 4.90 Å². The Labute approximate surface area is 122 Å². The van der Waals surface area contributed by atoms with Crippen molar-refractivity contribution in [1.29, 1.82) is 0 Å². The van der Waals surface area contributed by atoms with Crippen molar-refractivity contribution >= 4 is 23.0 Å². The maximum absolute atomic E-state index is 5.95. The van der Waals surface area contributed by atoms with Crippen molar-refractivity contribution in [3.8, 4) is 0 Å². The van der Waals surface area contributed by atoms with Gasteiger partial charge < -0.3 is 10.6 Å². The number of thiocarbonyl (C=S) groups is 1. The number of anilines is 1. The summed E-state index contributed by atoms with van der Waals surface area (Å²) in [5, 5.41) is 0.504. The van der Waals surface area contributed by atoms with Crippen LogP contribution < -0.4 is 10.6 Å². The van der Waals surface area contributed by atoms with Gasteiger partial charge in [-0.15, -0.1) is 0 Å². The van der Waals surface area contributed by atoms with Crippen molar-refractivity contribution in [2.24, 2.45) is 5.73 Å². The third kappa shape index (κ3) is 3.47. The monoisotopic (exact) mass is 276 g/mol. The van der Waals surface area contributed by atoms with Gasteiger partial charge in [0.1, 0.15) is 0 Å². The Morgan fingerprint density at radius 1 is 1.16 bits per heavy atom. The summed E-state index contributed by atoms with van der Waals surface area (Å²) in [6.07, 6.45) is 6.31. The van der Waals surface area contributed by atoms with E-state index in [4.69, 9.17) is 18.0 Å². The summed E-state index contributed by atoms with van der Waals surface area (Å²) in [6.45, 7) is 4.42.